The predicted molar refractivity (Wildman–Crippen MR) is 53.6 cm³/mol. The van der Waals surface area contributed by atoms with Gasteiger partial charge in [-0.05, 0) is 13.8 Å². The maximum atomic E-state index is 4.45. The lowest BCUT2D eigenvalue weighted by Crippen LogP contribution is -1.97. The molecule has 68 valence electrons. The van der Waals surface area contributed by atoms with E-state index in [2.05, 4.69) is 36.5 Å². The van der Waals surface area contributed by atoms with Crippen LogP contribution in [0.5, 0.6) is 0 Å². The molecule has 0 atom stereocenters. The van der Waals surface area contributed by atoms with Crippen molar-refractivity contribution in [2.24, 2.45) is 0 Å². The van der Waals surface area contributed by atoms with E-state index in [-0.39, 0.29) is 0 Å². The van der Waals surface area contributed by atoms with E-state index in [1.807, 2.05) is 18.7 Å². The fourth-order valence-corrected chi connectivity index (χ4v) is 1.99. The Kier molecular flexibility index (Phi) is 3.20. The van der Waals surface area contributed by atoms with Crippen molar-refractivity contribution in [1.82, 2.24) is 9.55 Å². The van der Waals surface area contributed by atoms with Crippen LogP contribution in [0.3, 0.4) is 0 Å². The Morgan fingerprint density at radius 2 is 2.25 bits per heavy atom. The van der Waals surface area contributed by atoms with Crippen LogP contribution in [0.1, 0.15) is 26.5 Å². The second-order valence-corrected chi connectivity index (χ2v) is 4.66. The second-order valence-electron chi connectivity index (χ2n) is 3.12. The Bertz CT molecular complexity index is 253. The van der Waals surface area contributed by atoms with Crippen molar-refractivity contribution in [3.8, 4) is 0 Å². The zero-order valence-electron chi connectivity index (χ0n) is 8.16. The number of nitrogens with zero attached hydrogens (tertiary/aromatic N) is 2. The normalized spacial score (nSPS) is 11.1. The molecule has 0 aromatic carbocycles. The first-order chi connectivity index (χ1) is 5.63. The zero-order chi connectivity index (χ0) is 9.14. The first-order valence-corrected chi connectivity index (χ1v) is 5.22. The van der Waals surface area contributed by atoms with Crippen LogP contribution in [0, 0.1) is 6.92 Å². The number of rotatable bonds is 3. The number of aryl methyl sites for hydroxylation is 2. The Hall–Kier alpha value is -0.440. The molecule has 0 amide bonds. The molecule has 0 saturated heterocycles. The summed E-state index contributed by atoms with van der Waals surface area (Å²) >= 11 is 1.82. The summed E-state index contributed by atoms with van der Waals surface area (Å²) in [6.07, 6.45) is 2.10. The third-order valence-corrected chi connectivity index (χ3v) is 2.55. The summed E-state index contributed by atoms with van der Waals surface area (Å²) in [6.45, 7) is 9.57. The van der Waals surface area contributed by atoms with Gasteiger partial charge in [0, 0.05) is 18.0 Å². The summed E-state index contributed by atoms with van der Waals surface area (Å²) in [5, 5.41) is 1.75. The third kappa shape index (κ3) is 2.27. The van der Waals surface area contributed by atoms with E-state index in [0.29, 0.717) is 5.25 Å². The van der Waals surface area contributed by atoms with Gasteiger partial charge in [-0.1, -0.05) is 25.6 Å². The van der Waals surface area contributed by atoms with Gasteiger partial charge in [-0.3, -0.25) is 0 Å². The fraction of sp³-hybridized carbons (Fsp3) is 0.667. The molecule has 0 N–H and O–H groups in total. The maximum absolute atomic E-state index is 4.45. The molecule has 3 heteroatoms. The molecule has 1 aromatic heterocycles. The van der Waals surface area contributed by atoms with Gasteiger partial charge in [-0.25, -0.2) is 4.98 Å². The van der Waals surface area contributed by atoms with Gasteiger partial charge < -0.3 is 4.57 Å². The highest BCUT2D eigenvalue weighted by molar-refractivity contribution is 7.99. The molecule has 0 aliphatic rings. The van der Waals surface area contributed by atoms with Crippen LogP contribution in [0.25, 0.3) is 0 Å². The van der Waals surface area contributed by atoms with Crippen LogP contribution in [-0.4, -0.2) is 14.8 Å². The van der Waals surface area contributed by atoms with E-state index in [0.717, 1.165) is 17.4 Å². The largest absolute Gasteiger partial charge is 0.326 e. The summed E-state index contributed by atoms with van der Waals surface area (Å²) in [4.78, 5) is 4.45. The van der Waals surface area contributed by atoms with Crippen molar-refractivity contribution in [3.63, 3.8) is 0 Å². The van der Waals surface area contributed by atoms with Crippen LogP contribution in [0.2, 0.25) is 0 Å². The fourth-order valence-electron chi connectivity index (χ4n) is 1.06. The van der Waals surface area contributed by atoms with Gasteiger partial charge in [0.25, 0.3) is 0 Å². The Labute approximate surface area is 78.4 Å². The topological polar surface area (TPSA) is 17.8 Å². The van der Waals surface area contributed by atoms with E-state index < -0.39 is 0 Å². The second kappa shape index (κ2) is 3.99. The number of imidazole rings is 1. The third-order valence-electron chi connectivity index (χ3n) is 1.54. The highest BCUT2D eigenvalue weighted by Crippen LogP contribution is 2.21. The summed E-state index contributed by atoms with van der Waals surface area (Å²) in [6, 6.07) is 0. The lowest BCUT2D eigenvalue weighted by Gasteiger charge is -2.05. The standard InChI is InChI=1S/C9H16N2S/c1-5-11-6-8(4)10-9(11)12-7(2)3/h6-7H,5H2,1-4H3. The van der Waals surface area contributed by atoms with E-state index >= 15 is 0 Å². The minimum absolute atomic E-state index is 0.608. The van der Waals surface area contributed by atoms with Crippen molar-refractivity contribution < 1.29 is 0 Å². The highest BCUT2D eigenvalue weighted by Gasteiger charge is 2.06. The smallest absolute Gasteiger partial charge is 0.168 e. The van der Waals surface area contributed by atoms with Crippen molar-refractivity contribution in [2.75, 3.05) is 0 Å². The average Bonchev–Trinajstić information content (AvgIpc) is 2.29. The van der Waals surface area contributed by atoms with Crippen molar-refractivity contribution >= 4 is 11.8 Å². The maximum Gasteiger partial charge on any atom is 0.168 e. The van der Waals surface area contributed by atoms with Gasteiger partial charge in [0.2, 0.25) is 0 Å². The monoisotopic (exact) mass is 184 g/mol. The Balaban J connectivity index is 2.81. The summed E-state index contributed by atoms with van der Waals surface area (Å²) in [5.41, 5.74) is 1.11. The molecule has 0 fully saturated rings. The minimum atomic E-state index is 0.608. The van der Waals surface area contributed by atoms with Crippen LogP contribution in [0.4, 0.5) is 0 Å². The summed E-state index contributed by atoms with van der Waals surface area (Å²) in [7, 11) is 0. The van der Waals surface area contributed by atoms with Gasteiger partial charge in [-0.2, -0.15) is 0 Å². The van der Waals surface area contributed by atoms with E-state index in [9.17, 15) is 0 Å². The number of thioether (sulfide) groups is 1. The molecular weight excluding hydrogens is 168 g/mol. The van der Waals surface area contributed by atoms with Gasteiger partial charge in [0.1, 0.15) is 0 Å². The molecule has 1 rings (SSSR count). The van der Waals surface area contributed by atoms with Gasteiger partial charge in [0.05, 0.1) is 5.69 Å². The molecule has 1 aromatic rings. The van der Waals surface area contributed by atoms with E-state index in [4.69, 9.17) is 0 Å². The van der Waals surface area contributed by atoms with Crippen molar-refractivity contribution in [1.29, 1.82) is 0 Å². The van der Waals surface area contributed by atoms with Gasteiger partial charge >= 0.3 is 0 Å². The molecule has 1 heterocycles. The van der Waals surface area contributed by atoms with Gasteiger partial charge in [0.15, 0.2) is 5.16 Å². The molecule has 0 aliphatic heterocycles. The van der Waals surface area contributed by atoms with Crippen molar-refractivity contribution in [3.05, 3.63) is 11.9 Å². The minimum Gasteiger partial charge on any atom is -0.326 e. The predicted octanol–water partition coefficient (Wildman–Crippen LogP) is 2.71. The Morgan fingerprint density at radius 3 is 2.75 bits per heavy atom. The number of hydrogen-bond acceptors (Lipinski definition) is 2. The first-order valence-electron chi connectivity index (χ1n) is 4.34. The quantitative estimate of drug-likeness (QED) is 0.672. The van der Waals surface area contributed by atoms with Crippen LogP contribution in [0.15, 0.2) is 11.4 Å². The number of aromatic nitrogens is 2. The SMILES string of the molecule is CCn1cc(C)nc1SC(C)C. The van der Waals surface area contributed by atoms with E-state index in [1.54, 1.807) is 0 Å². The molecule has 0 unspecified atom stereocenters. The lowest BCUT2D eigenvalue weighted by atomic mass is 10.6. The van der Waals surface area contributed by atoms with Crippen LogP contribution < -0.4 is 0 Å². The average molecular weight is 184 g/mol. The summed E-state index contributed by atoms with van der Waals surface area (Å²) < 4.78 is 2.19. The lowest BCUT2D eigenvalue weighted by molar-refractivity contribution is 0.680. The molecule has 0 spiro atoms. The van der Waals surface area contributed by atoms with E-state index in [1.165, 1.54) is 0 Å². The first kappa shape index (κ1) is 9.65. The van der Waals surface area contributed by atoms with Crippen LogP contribution in [-0.2, 0) is 6.54 Å². The molecule has 12 heavy (non-hydrogen) atoms. The van der Waals surface area contributed by atoms with Crippen LogP contribution >= 0.6 is 11.8 Å². The summed E-state index contributed by atoms with van der Waals surface area (Å²) in [5.74, 6) is 0. The zero-order valence-corrected chi connectivity index (χ0v) is 8.98. The molecule has 0 saturated carbocycles. The molecule has 0 bridgehead atoms. The highest BCUT2D eigenvalue weighted by atomic mass is 32.2. The van der Waals surface area contributed by atoms with Crippen molar-refractivity contribution in [2.45, 2.75) is 44.6 Å². The molecule has 0 radical (unpaired) electrons. The molecule has 0 aliphatic carbocycles. The molecule has 2 nitrogen and oxygen atoms in total. The van der Waals surface area contributed by atoms with Gasteiger partial charge in [-0.15, -0.1) is 0 Å². The Morgan fingerprint density at radius 1 is 1.58 bits per heavy atom. The molecular formula is C9H16N2S. The number of hydrogen-bond donors (Lipinski definition) is 0.